The van der Waals surface area contributed by atoms with Crippen molar-refractivity contribution in [1.29, 1.82) is 0 Å². The number of nitrogens with one attached hydrogen (secondary N) is 1. The van der Waals surface area contributed by atoms with Gasteiger partial charge in [0, 0.05) is 35.2 Å². The van der Waals surface area contributed by atoms with Crippen molar-refractivity contribution in [1.82, 2.24) is 20.0 Å². The molecule has 0 bridgehead atoms. The number of amides is 2. The van der Waals surface area contributed by atoms with E-state index >= 15 is 0 Å². The average Bonchev–Trinajstić information content (AvgIpc) is 3.09. The smallest absolute Gasteiger partial charge is 0.275 e. The van der Waals surface area contributed by atoms with Crippen molar-refractivity contribution in [2.45, 2.75) is 33.0 Å². The van der Waals surface area contributed by atoms with Crippen LogP contribution in [0.25, 0.3) is 11.3 Å². The summed E-state index contributed by atoms with van der Waals surface area (Å²) in [5.41, 5.74) is 3.07. The van der Waals surface area contributed by atoms with Gasteiger partial charge in [0.25, 0.3) is 5.91 Å². The Morgan fingerprint density at radius 2 is 2.06 bits per heavy atom. The van der Waals surface area contributed by atoms with E-state index in [4.69, 9.17) is 4.74 Å². The lowest BCUT2D eigenvalue weighted by atomic mass is 10.0. The van der Waals surface area contributed by atoms with Gasteiger partial charge in [-0.05, 0) is 49.7 Å². The van der Waals surface area contributed by atoms with Crippen molar-refractivity contribution in [2.24, 2.45) is 7.05 Å². The summed E-state index contributed by atoms with van der Waals surface area (Å²) < 4.78 is 22.2. The number of ether oxygens (including phenoxy) is 1. The van der Waals surface area contributed by atoms with E-state index < -0.39 is 11.7 Å². The van der Waals surface area contributed by atoms with Gasteiger partial charge in [-0.1, -0.05) is 28.1 Å². The Labute approximate surface area is 199 Å². The Morgan fingerprint density at radius 1 is 1.27 bits per heavy atom. The molecule has 0 atom stereocenters. The summed E-state index contributed by atoms with van der Waals surface area (Å²) in [7, 11) is 1.77. The molecule has 0 fully saturated rings. The normalized spacial score (nSPS) is 12.1. The lowest BCUT2D eigenvalue weighted by molar-refractivity contribution is -0.122. The number of aryl methyl sites for hydroxylation is 1. The van der Waals surface area contributed by atoms with Crippen LogP contribution < -0.4 is 10.1 Å². The summed E-state index contributed by atoms with van der Waals surface area (Å²) in [5.74, 6) is -0.417. The summed E-state index contributed by atoms with van der Waals surface area (Å²) in [6.07, 6.45) is 0. The Hall–Kier alpha value is -3.20. The lowest BCUT2D eigenvalue weighted by Crippen LogP contribution is -2.42. The van der Waals surface area contributed by atoms with E-state index in [0.29, 0.717) is 16.9 Å². The highest BCUT2D eigenvalue weighted by atomic mass is 79.9. The molecular formula is C24H24BrFN4O3. The van der Waals surface area contributed by atoms with Crippen molar-refractivity contribution in [3.05, 3.63) is 69.6 Å². The van der Waals surface area contributed by atoms with Gasteiger partial charge in [-0.3, -0.25) is 14.3 Å². The molecule has 0 radical (unpaired) electrons. The van der Waals surface area contributed by atoms with Crippen LogP contribution in [0, 0.1) is 5.82 Å². The van der Waals surface area contributed by atoms with Gasteiger partial charge in [-0.25, -0.2) is 4.39 Å². The topological polar surface area (TPSA) is 76.5 Å². The summed E-state index contributed by atoms with van der Waals surface area (Å²) >= 11 is 3.48. The van der Waals surface area contributed by atoms with Crippen LogP contribution >= 0.6 is 15.9 Å². The van der Waals surface area contributed by atoms with Gasteiger partial charge in [0.15, 0.2) is 5.69 Å². The van der Waals surface area contributed by atoms with E-state index in [1.165, 1.54) is 17.0 Å². The van der Waals surface area contributed by atoms with Gasteiger partial charge in [0.2, 0.25) is 5.91 Å². The predicted octanol–water partition coefficient (Wildman–Crippen LogP) is 4.05. The molecule has 33 heavy (non-hydrogen) atoms. The highest BCUT2D eigenvalue weighted by molar-refractivity contribution is 9.10. The molecule has 0 saturated carbocycles. The van der Waals surface area contributed by atoms with Gasteiger partial charge in [-0.15, -0.1) is 0 Å². The standard InChI is InChI=1S/C24H24BrFN4O3/c1-14(2)27-21(31)12-30(11-15-5-4-6-17(26)9-15)24(32)22-19-13-33-20-8-7-16(25)10-18(20)23(19)29(3)28-22/h4-10,14H,11-13H2,1-3H3,(H,27,31). The molecule has 1 N–H and O–H groups in total. The molecule has 0 spiro atoms. The van der Waals surface area contributed by atoms with Crippen molar-refractivity contribution < 1.29 is 18.7 Å². The van der Waals surface area contributed by atoms with Crippen LogP contribution in [-0.4, -0.2) is 39.1 Å². The number of hydrogen-bond donors (Lipinski definition) is 1. The van der Waals surface area contributed by atoms with Crippen LogP contribution in [0.4, 0.5) is 4.39 Å². The molecule has 7 nitrogen and oxygen atoms in total. The van der Waals surface area contributed by atoms with E-state index in [0.717, 1.165) is 15.7 Å². The third-order valence-corrected chi connectivity index (χ3v) is 5.74. The zero-order chi connectivity index (χ0) is 23.7. The Kier molecular flexibility index (Phi) is 6.51. The van der Waals surface area contributed by atoms with Crippen molar-refractivity contribution in [3.8, 4) is 17.0 Å². The number of halogens is 2. The fraction of sp³-hybridized carbons (Fsp3) is 0.292. The molecule has 9 heteroatoms. The minimum absolute atomic E-state index is 0.0659. The first-order chi connectivity index (χ1) is 15.7. The highest BCUT2D eigenvalue weighted by Gasteiger charge is 2.31. The Bertz CT molecular complexity index is 1220. The summed E-state index contributed by atoms with van der Waals surface area (Å²) in [5, 5.41) is 7.29. The number of hydrogen-bond acceptors (Lipinski definition) is 4. The van der Waals surface area contributed by atoms with Crippen LogP contribution in [0.15, 0.2) is 46.9 Å². The first kappa shape index (κ1) is 23.0. The molecule has 3 aromatic rings. The molecule has 2 aromatic carbocycles. The average molecular weight is 515 g/mol. The molecule has 172 valence electrons. The van der Waals surface area contributed by atoms with Crippen LogP contribution in [-0.2, 0) is 25.0 Å². The number of carbonyl (C=O) groups is 2. The molecule has 0 saturated heterocycles. The second-order valence-electron chi connectivity index (χ2n) is 8.24. The zero-order valence-electron chi connectivity index (χ0n) is 18.6. The Morgan fingerprint density at radius 3 is 2.79 bits per heavy atom. The molecule has 2 amide bonds. The number of rotatable bonds is 6. The number of aromatic nitrogens is 2. The van der Waals surface area contributed by atoms with Crippen LogP contribution in [0.5, 0.6) is 5.75 Å². The van der Waals surface area contributed by atoms with Crippen molar-refractivity contribution >= 4 is 27.7 Å². The first-order valence-electron chi connectivity index (χ1n) is 10.5. The molecule has 1 aliphatic rings. The molecule has 1 aliphatic heterocycles. The second-order valence-corrected chi connectivity index (χ2v) is 9.16. The summed E-state index contributed by atoms with van der Waals surface area (Å²) in [4.78, 5) is 27.5. The fourth-order valence-electron chi connectivity index (χ4n) is 3.92. The van der Waals surface area contributed by atoms with E-state index in [2.05, 4.69) is 26.3 Å². The number of fused-ring (bicyclic) bond motifs is 3. The fourth-order valence-corrected chi connectivity index (χ4v) is 4.28. The van der Waals surface area contributed by atoms with Gasteiger partial charge in [0.1, 0.15) is 24.7 Å². The second kappa shape index (κ2) is 9.35. The number of benzene rings is 2. The minimum atomic E-state index is -0.419. The molecule has 0 aliphatic carbocycles. The van der Waals surface area contributed by atoms with Crippen LogP contribution in [0.1, 0.15) is 35.5 Å². The monoisotopic (exact) mass is 514 g/mol. The molecular weight excluding hydrogens is 491 g/mol. The van der Waals surface area contributed by atoms with Gasteiger partial charge in [-0.2, -0.15) is 5.10 Å². The quantitative estimate of drug-likeness (QED) is 0.538. The molecule has 1 aromatic heterocycles. The minimum Gasteiger partial charge on any atom is -0.488 e. The maximum absolute atomic E-state index is 13.8. The van der Waals surface area contributed by atoms with Gasteiger partial charge >= 0.3 is 0 Å². The number of nitrogens with zero attached hydrogens (tertiary/aromatic N) is 3. The Balaban J connectivity index is 1.70. The molecule has 4 rings (SSSR count). The lowest BCUT2D eigenvalue weighted by Gasteiger charge is -2.23. The van der Waals surface area contributed by atoms with Crippen molar-refractivity contribution in [3.63, 3.8) is 0 Å². The van der Waals surface area contributed by atoms with Crippen molar-refractivity contribution in [2.75, 3.05) is 6.54 Å². The third kappa shape index (κ3) is 4.93. The maximum Gasteiger partial charge on any atom is 0.275 e. The van der Waals surface area contributed by atoms with Crippen LogP contribution in [0.3, 0.4) is 0 Å². The molecule has 0 unspecified atom stereocenters. The number of carbonyl (C=O) groups excluding carboxylic acids is 2. The summed E-state index contributed by atoms with van der Waals surface area (Å²) in [6, 6.07) is 11.6. The molecule has 2 heterocycles. The third-order valence-electron chi connectivity index (χ3n) is 5.25. The van der Waals surface area contributed by atoms with E-state index in [-0.39, 0.29) is 37.3 Å². The van der Waals surface area contributed by atoms with E-state index in [1.54, 1.807) is 23.9 Å². The zero-order valence-corrected chi connectivity index (χ0v) is 20.1. The van der Waals surface area contributed by atoms with E-state index in [1.807, 2.05) is 32.0 Å². The van der Waals surface area contributed by atoms with E-state index in [9.17, 15) is 14.0 Å². The summed E-state index contributed by atoms with van der Waals surface area (Å²) in [6.45, 7) is 3.76. The highest BCUT2D eigenvalue weighted by Crippen LogP contribution is 2.40. The largest absolute Gasteiger partial charge is 0.488 e. The first-order valence-corrected chi connectivity index (χ1v) is 11.3. The van der Waals surface area contributed by atoms with Crippen LogP contribution in [0.2, 0.25) is 0 Å². The maximum atomic E-state index is 13.8. The van der Waals surface area contributed by atoms with Gasteiger partial charge in [0.05, 0.1) is 5.69 Å². The SMILES string of the molecule is CC(C)NC(=O)CN(Cc1cccc(F)c1)C(=O)c1nn(C)c2c1COc1ccc(Br)cc1-2. The predicted molar refractivity (Wildman–Crippen MR) is 125 cm³/mol. The van der Waals surface area contributed by atoms with Gasteiger partial charge < -0.3 is 15.0 Å².